The zero-order chi connectivity index (χ0) is 33.9. The molecular weight excluding hydrogens is 622 g/mol. The van der Waals surface area contributed by atoms with Crippen LogP contribution in [0.15, 0.2) is 85.5 Å². The zero-order valence-electron chi connectivity index (χ0n) is 27.0. The Labute approximate surface area is 278 Å². The van der Waals surface area contributed by atoms with E-state index in [4.69, 9.17) is 4.74 Å². The van der Waals surface area contributed by atoms with Gasteiger partial charge in [-0.15, -0.1) is 0 Å². The molecule has 47 heavy (non-hydrogen) atoms. The highest BCUT2D eigenvalue weighted by atomic mass is 32.2. The Morgan fingerprint density at radius 1 is 0.979 bits per heavy atom. The molecule has 0 aliphatic heterocycles. The molecule has 1 N–H and O–H groups in total. The molecule has 1 aromatic heterocycles. The zero-order valence-corrected chi connectivity index (χ0v) is 27.8. The lowest BCUT2D eigenvalue weighted by Gasteiger charge is -2.32. The first-order valence-electron chi connectivity index (χ1n) is 15.4. The van der Waals surface area contributed by atoms with E-state index in [-0.39, 0.29) is 17.8 Å². The minimum Gasteiger partial charge on any atom is -0.461 e. The van der Waals surface area contributed by atoms with Gasteiger partial charge in [0, 0.05) is 38.0 Å². The topological polar surface area (TPSA) is 93.5 Å². The van der Waals surface area contributed by atoms with Crippen molar-refractivity contribution in [1.29, 1.82) is 0 Å². The van der Waals surface area contributed by atoms with Crippen molar-refractivity contribution >= 4 is 29.5 Å². The molecule has 0 aliphatic rings. The second-order valence-electron chi connectivity index (χ2n) is 11.5. The summed E-state index contributed by atoms with van der Waals surface area (Å²) >= 11 is 1.55. The largest absolute Gasteiger partial charge is 0.461 e. The number of carbonyl (C=O) groups excluding carboxylic acids is 3. The third kappa shape index (κ3) is 9.99. The van der Waals surface area contributed by atoms with Crippen molar-refractivity contribution in [3.05, 3.63) is 125 Å². The molecule has 0 bridgehead atoms. The van der Waals surface area contributed by atoms with Gasteiger partial charge in [0.2, 0.25) is 5.91 Å². The lowest BCUT2D eigenvalue weighted by atomic mass is 9.91. The van der Waals surface area contributed by atoms with E-state index in [1.807, 2.05) is 23.0 Å². The van der Waals surface area contributed by atoms with Crippen LogP contribution in [-0.4, -0.2) is 62.9 Å². The van der Waals surface area contributed by atoms with Crippen LogP contribution in [0.2, 0.25) is 0 Å². The van der Waals surface area contributed by atoms with Gasteiger partial charge < -0.3 is 19.5 Å². The highest BCUT2D eigenvalue weighted by Crippen LogP contribution is 2.31. The number of aromatic nitrogens is 2. The lowest BCUT2D eigenvalue weighted by molar-refractivity contribution is -0.149. The molecule has 0 fully saturated rings. The van der Waals surface area contributed by atoms with Gasteiger partial charge in [0.15, 0.2) is 0 Å². The first kappa shape index (κ1) is 35.3. The second kappa shape index (κ2) is 16.9. The number of nitrogens with one attached hydrogen (secondary N) is 1. The Hall–Kier alpha value is -4.51. The summed E-state index contributed by atoms with van der Waals surface area (Å²) in [6.07, 6.45) is 7.36. The number of hydrogen-bond acceptors (Lipinski definition) is 6. The van der Waals surface area contributed by atoms with Crippen molar-refractivity contribution in [3.63, 3.8) is 0 Å². The number of amides is 2. The van der Waals surface area contributed by atoms with Crippen molar-refractivity contribution in [1.82, 2.24) is 19.8 Å². The van der Waals surface area contributed by atoms with Crippen molar-refractivity contribution in [2.75, 3.05) is 18.6 Å². The third-order valence-electron chi connectivity index (χ3n) is 7.61. The van der Waals surface area contributed by atoms with E-state index in [0.717, 1.165) is 5.56 Å². The number of rotatable bonds is 15. The van der Waals surface area contributed by atoms with E-state index >= 15 is 0 Å². The summed E-state index contributed by atoms with van der Waals surface area (Å²) < 4.78 is 35.0. The maximum atomic E-state index is 14.1. The summed E-state index contributed by atoms with van der Waals surface area (Å²) in [4.78, 5) is 46.0. The predicted octanol–water partition coefficient (Wildman–Crippen LogP) is 6.19. The fraction of sp³-hybridized carbons (Fsp3) is 0.333. The van der Waals surface area contributed by atoms with E-state index < -0.39 is 29.8 Å². The van der Waals surface area contributed by atoms with Gasteiger partial charge >= 0.3 is 5.97 Å². The molecule has 4 aromatic rings. The molecule has 2 amide bonds. The van der Waals surface area contributed by atoms with Crippen LogP contribution < -0.4 is 5.32 Å². The monoisotopic (exact) mass is 662 g/mol. The molecule has 248 valence electrons. The van der Waals surface area contributed by atoms with Gasteiger partial charge in [0.25, 0.3) is 5.91 Å². The molecule has 0 saturated heterocycles. The Morgan fingerprint density at radius 3 is 2.23 bits per heavy atom. The number of thioether (sulfide) groups is 1. The van der Waals surface area contributed by atoms with Crippen LogP contribution in [0.3, 0.4) is 0 Å². The Balaban J connectivity index is 1.80. The van der Waals surface area contributed by atoms with Gasteiger partial charge in [0.05, 0.1) is 18.5 Å². The van der Waals surface area contributed by atoms with Gasteiger partial charge in [-0.2, -0.15) is 11.8 Å². The van der Waals surface area contributed by atoms with Crippen molar-refractivity contribution < 1.29 is 27.9 Å². The summed E-state index contributed by atoms with van der Waals surface area (Å²) in [6, 6.07) is 15.8. The number of carbonyl (C=O) groups is 3. The van der Waals surface area contributed by atoms with Gasteiger partial charge in [0.1, 0.15) is 17.7 Å². The van der Waals surface area contributed by atoms with Crippen molar-refractivity contribution in [2.45, 2.75) is 58.3 Å². The van der Waals surface area contributed by atoms with Gasteiger partial charge in [-0.3, -0.25) is 9.59 Å². The van der Waals surface area contributed by atoms with E-state index in [1.54, 1.807) is 79.6 Å². The SMILES string of the molecule is CSCC[C@H](NC(=O)c1cc(C(c2ccc(F)cc2)N(CCn2ccnc2)C(C)=O)ccc1Cc1ccc(F)cc1)C(=O)OC(C)C. The summed E-state index contributed by atoms with van der Waals surface area (Å²) in [6.45, 7) is 5.74. The summed E-state index contributed by atoms with van der Waals surface area (Å²) in [5.41, 5.74) is 3.00. The van der Waals surface area contributed by atoms with Crippen LogP contribution in [0, 0.1) is 11.6 Å². The van der Waals surface area contributed by atoms with E-state index in [9.17, 15) is 23.2 Å². The maximum Gasteiger partial charge on any atom is 0.328 e. The smallest absolute Gasteiger partial charge is 0.328 e. The molecule has 2 atom stereocenters. The van der Waals surface area contributed by atoms with Crippen LogP contribution in [0.25, 0.3) is 0 Å². The molecule has 0 radical (unpaired) electrons. The van der Waals surface area contributed by atoms with Crippen LogP contribution in [0.5, 0.6) is 0 Å². The number of imidazole rings is 1. The average Bonchev–Trinajstić information content (AvgIpc) is 3.56. The summed E-state index contributed by atoms with van der Waals surface area (Å²) in [5.74, 6) is -1.39. The molecule has 0 saturated carbocycles. The van der Waals surface area contributed by atoms with E-state index in [0.29, 0.717) is 53.9 Å². The quantitative estimate of drug-likeness (QED) is 0.153. The molecular formula is C36H40F2N4O4S. The molecule has 8 nitrogen and oxygen atoms in total. The van der Waals surface area contributed by atoms with Crippen LogP contribution in [0.1, 0.15) is 65.8 Å². The third-order valence-corrected chi connectivity index (χ3v) is 8.26. The maximum absolute atomic E-state index is 14.1. The normalized spacial score (nSPS) is 12.4. The van der Waals surface area contributed by atoms with Crippen molar-refractivity contribution in [3.8, 4) is 0 Å². The van der Waals surface area contributed by atoms with Crippen molar-refractivity contribution in [2.24, 2.45) is 0 Å². The number of benzene rings is 3. The van der Waals surface area contributed by atoms with Crippen LogP contribution in [-0.2, 0) is 27.3 Å². The Bertz CT molecular complexity index is 1630. The Kier molecular flexibility index (Phi) is 12.7. The molecule has 4 rings (SSSR count). The van der Waals surface area contributed by atoms with Crippen LogP contribution in [0.4, 0.5) is 8.78 Å². The predicted molar refractivity (Wildman–Crippen MR) is 179 cm³/mol. The number of nitrogens with zero attached hydrogens (tertiary/aromatic N) is 3. The standard InChI is InChI=1S/C36H40F2N4O4S/c1-24(2)46-36(45)33(15-20-47-4)40-35(44)32-22-29(8-7-28(32)21-26-5-11-30(37)12-6-26)34(27-9-13-31(38)14-10-27)42(25(3)43)19-18-41-17-16-39-23-41/h5-14,16-17,22-24,33-34H,15,18-21H2,1-4H3,(H,40,44)/t33-,34?/m0/s1. The lowest BCUT2D eigenvalue weighted by Crippen LogP contribution is -2.43. The molecule has 1 heterocycles. The first-order chi connectivity index (χ1) is 22.5. The highest BCUT2D eigenvalue weighted by Gasteiger charge is 2.28. The minimum absolute atomic E-state index is 0.214. The molecule has 3 aromatic carbocycles. The molecule has 0 spiro atoms. The first-order valence-corrected chi connectivity index (χ1v) is 16.8. The number of halogens is 2. The summed E-state index contributed by atoms with van der Waals surface area (Å²) in [7, 11) is 0. The van der Waals surface area contributed by atoms with Gasteiger partial charge in [-0.1, -0.05) is 36.4 Å². The molecule has 0 aliphatic carbocycles. The number of hydrogen-bond donors (Lipinski definition) is 1. The average molecular weight is 663 g/mol. The number of ether oxygens (including phenoxy) is 1. The fourth-order valence-corrected chi connectivity index (χ4v) is 5.77. The second-order valence-corrected chi connectivity index (χ2v) is 12.5. The molecule has 11 heteroatoms. The van der Waals surface area contributed by atoms with Gasteiger partial charge in [-0.05, 0) is 91.3 Å². The fourth-order valence-electron chi connectivity index (χ4n) is 5.29. The van der Waals surface area contributed by atoms with Crippen LogP contribution >= 0.6 is 11.8 Å². The van der Waals surface area contributed by atoms with E-state index in [1.165, 1.54) is 31.2 Å². The minimum atomic E-state index is -0.878. The highest BCUT2D eigenvalue weighted by molar-refractivity contribution is 7.98. The Morgan fingerprint density at radius 2 is 1.64 bits per heavy atom. The molecule has 1 unspecified atom stereocenters. The number of esters is 1. The van der Waals surface area contributed by atoms with Gasteiger partial charge in [-0.25, -0.2) is 18.6 Å². The summed E-state index contributed by atoms with van der Waals surface area (Å²) in [5, 5.41) is 2.89. The van der Waals surface area contributed by atoms with E-state index in [2.05, 4.69) is 10.3 Å².